The zero-order valence-corrected chi connectivity index (χ0v) is 13.8. The molecule has 0 unspecified atom stereocenters. The molecular formula is C16H18N4O2S. The Morgan fingerprint density at radius 2 is 2.00 bits per heavy atom. The first kappa shape index (κ1) is 15.5. The summed E-state index contributed by atoms with van der Waals surface area (Å²) in [6, 6.07) is 12.9. The van der Waals surface area contributed by atoms with Crippen molar-refractivity contribution in [3.05, 3.63) is 54.2 Å². The number of aromatic amines is 1. The zero-order chi connectivity index (χ0) is 16.4. The average Bonchev–Trinajstić information content (AvgIpc) is 3.00. The Kier molecular flexibility index (Phi) is 4.06. The molecule has 6 nitrogen and oxygen atoms in total. The minimum absolute atomic E-state index is 0.275. The van der Waals surface area contributed by atoms with Gasteiger partial charge in [0, 0.05) is 31.7 Å². The molecule has 1 heterocycles. The number of hydrogen-bond donors (Lipinski definition) is 2. The van der Waals surface area contributed by atoms with E-state index in [1.807, 2.05) is 24.3 Å². The molecule has 1 aromatic heterocycles. The molecule has 0 aliphatic carbocycles. The maximum absolute atomic E-state index is 12.2. The number of nitrogens with one attached hydrogen (secondary N) is 2. The van der Waals surface area contributed by atoms with Crippen molar-refractivity contribution in [3.63, 3.8) is 0 Å². The van der Waals surface area contributed by atoms with E-state index < -0.39 is 10.0 Å². The van der Waals surface area contributed by atoms with Gasteiger partial charge in [0.05, 0.1) is 16.6 Å². The second kappa shape index (κ2) is 6.02. The number of hydrogen-bond acceptors (Lipinski definition) is 4. The van der Waals surface area contributed by atoms with Gasteiger partial charge in [-0.25, -0.2) is 12.7 Å². The van der Waals surface area contributed by atoms with Crippen molar-refractivity contribution in [1.82, 2.24) is 14.5 Å². The third-order valence-corrected chi connectivity index (χ3v) is 5.43. The van der Waals surface area contributed by atoms with Crippen LogP contribution in [0.4, 0.5) is 5.69 Å². The second-order valence-corrected chi connectivity index (χ2v) is 7.61. The number of aromatic nitrogens is 2. The van der Waals surface area contributed by atoms with Crippen LogP contribution < -0.4 is 5.32 Å². The zero-order valence-electron chi connectivity index (χ0n) is 12.9. The lowest BCUT2D eigenvalue weighted by molar-refractivity contribution is 0.521. The van der Waals surface area contributed by atoms with Crippen molar-refractivity contribution in [2.24, 2.45) is 0 Å². The van der Waals surface area contributed by atoms with Crippen LogP contribution in [0.15, 0.2) is 53.6 Å². The predicted octanol–water partition coefficient (Wildman–Crippen LogP) is 2.43. The first-order valence-electron chi connectivity index (χ1n) is 7.15. The van der Waals surface area contributed by atoms with Gasteiger partial charge in [0.2, 0.25) is 10.0 Å². The molecule has 0 saturated heterocycles. The molecule has 0 aliphatic rings. The topological polar surface area (TPSA) is 78.1 Å². The minimum atomic E-state index is -3.42. The molecule has 120 valence electrons. The first-order valence-corrected chi connectivity index (χ1v) is 8.59. The summed E-state index contributed by atoms with van der Waals surface area (Å²) in [5, 5.41) is 11.3. The van der Waals surface area contributed by atoms with Gasteiger partial charge in [0.1, 0.15) is 0 Å². The van der Waals surface area contributed by atoms with E-state index in [0.717, 1.165) is 22.2 Å². The molecule has 2 aromatic carbocycles. The fraction of sp³-hybridized carbons (Fsp3) is 0.188. The van der Waals surface area contributed by atoms with Gasteiger partial charge < -0.3 is 5.32 Å². The van der Waals surface area contributed by atoms with Crippen molar-refractivity contribution in [2.45, 2.75) is 11.4 Å². The molecule has 3 aromatic rings. The van der Waals surface area contributed by atoms with E-state index >= 15 is 0 Å². The lowest BCUT2D eigenvalue weighted by Gasteiger charge is -2.13. The third-order valence-electron chi connectivity index (χ3n) is 3.62. The van der Waals surface area contributed by atoms with Gasteiger partial charge >= 0.3 is 0 Å². The standard InChI is InChI=1S/C16H18N4O2S/c1-20(2)23(21,22)15-5-3-4-14(9-15)17-10-12-6-7-13-11-18-19-16(13)8-12/h3-9,11,17H,10H2,1-2H3,(H,18,19). The molecule has 0 fully saturated rings. The Bertz CT molecular complexity index is 932. The summed E-state index contributed by atoms with van der Waals surface area (Å²) in [6.45, 7) is 0.598. The number of anilines is 1. The second-order valence-electron chi connectivity index (χ2n) is 5.46. The SMILES string of the molecule is CN(C)S(=O)(=O)c1cccc(NCc2ccc3cn[nH]c3c2)c1. The van der Waals surface area contributed by atoms with Crippen molar-refractivity contribution in [3.8, 4) is 0 Å². The van der Waals surface area contributed by atoms with Gasteiger partial charge in [-0.15, -0.1) is 0 Å². The summed E-state index contributed by atoms with van der Waals surface area (Å²) in [7, 11) is -0.378. The van der Waals surface area contributed by atoms with Crippen molar-refractivity contribution >= 4 is 26.6 Å². The smallest absolute Gasteiger partial charge is 0.242 e. The Hall–Kier alpha value is -2.38. The summed E-state index contributed by atoms with van der Waals surface area (Å²) in [5.74, 6) is 0. The lowest BCUT2D eigenvalue weighted by Crippen LogP contribution is -2.22. The van der Waals surface area contributed by atoms with E-state index in [9.17, 15) is 8.42 Å². The highest BCUT2D eigenvalue weighted by molar-refractivity contribution is 7.89. The van der Waals surface area contributed by atoms with E-state index in [1.165, 1.54) is 18.4 Å². The largest absolute Gasteiger partial charge is 0.381 e. The van der Waals surface area contributed by atoms with Gasteiger partial charge in [-0.05, 0) is 29.8 Å². The van der Waals surface area contributed by atoms with E-state index in [4.69, 9.17) is 0 Å². The van der Waals surface area contributed by atoms with Crippen LogP contribution in [0.5, 0.6) is 0 Å². The first-order chi connectivity index (χ1) is 11.0. The van der Waals surface area contributed by atoms with Crippen molar-refractivity contribution in [1.29, 1.82) is 0 Å². The van der Waals surface area contributed by atoms with Crippen molar-refractivity contribution in [2.75, 3.05) is 19.4 Å². The molecular weight excluding hydrogens is 312 g/mol. The molecule has 0 spiro atoms. The van der Waals surface area contributed by atoms with Gasteiger partial charge in [-0.2, -0.15) is 5.10 Å². The van der Waals surface area contributed by atoms with Crippen LogP contribution in [0.1, 0.15) is 5.56 Å². The van der Waals surface area contributed by atoms with Crippen molar-refractivity contribution < 1.29 is 8.42 Å². The number of sulfonamides is 1. The highest BCUT2D eigenvalue weighted by Gasteiger charge is 2.17. The van der Waals surface area contributed by atoms with Crippen LogP contribution in [0.25, 0.3) is 10.9 Å². The summed E-state index contributed by atoms with van der Waals surface area (Å²) >= 11 is 0. The lowest BCUT2D eigenvalue weighted by atomic mass is 10.1. The monoisotopic (exact) mass is 330 g/mol. The average molecular weight is 330 g/mol. The fourth-order valence-electron chi connectivity index (χ4n) is 2.28. The van der Waals surface area contributed by atoms with Gasteiger partial charge in [0.15, 0.2) is 0 Å². The van der Waals surface area contributed by atoms with Crippen LogP contribution in [0.2, 0.25) is 0 Å². The normalized spacial score (nSPS) is 12.0. The van der Waals surface area contributed by atoms with Gasteiger partial charge in [-0.3, -0.25) is 5.10 Å². The minimum Gasteiger partial charge on any atom is -0.381 e. The van der Waals surface area contributed by atoms with Crippen LogP contribution >= 0.6 is 0 Å². The molecule has 0 saturated carbocycles. The van der Waals surface area contributed by atoms with Crippen LogP contribution in [-0.2, 0) is 16.6 Å². The third kappa shape index (κ3) is 3.20. The number of H-pyrrole nitrogens is 1. The molecule has 0 radical (unpaired) electrons. The molecule has 0 aliphatic heterocycles. The summed E-state index contributed by atoms with van der Waals surface area (Å²) in [6.07, 6.45) is 1.78. The maximum atomic E-state index is 12.2. The van der Waals surface area contributed by atoms with Crippen LogP contribution in [-0.4, -0.2) is 37.0 Å². The predicted molar refractivity (Wildman–Crippen MR) is 90.7 cm³/mol. The van der Waals surface area contributed by atoms with Crippen LogP contribution in [0, 0.1) is 0 Å². The van der Waals surface area contributed by atoms with Gasteiger partial charge in [0.25, 0.3) is 0 Å². The maximum Gasteiger partial charge on any atom is 0.242 e. The van der Waals surface area contributed by atoms with E-state index in [1.54, 1.807) is 24.4 Å². The Labute approximate surface area is 135 Å². The summed E-state index contributed by atoms with van der Waals surface area (Å²) < 4.78 is 25.5. The van der Waals surface area contributed by atoms with E-state index in [2.05, 4.69) is 15.5 Å². The summed E-state index contributed by atoms with van der Waals surface area (Å²) in [4.78, 5) is 0.275. The van der Waals surface area contributed by atoms with E-state index in [0.29, 0.717) is 6.54 Å². The molecule has 23 heavy (non-hydrogen) atoms. The molecule has 2 N–H and O–H groups in total. The number of nitrogens with zero attached hydrogens (tertiary/aromatic N) is 2. The highest BCUT2D eigenvalue weighted by Crippen LogP contribution is 2.19. The number of benzene rings is 2. The Morgan fingerprint density at radius 1 is 1.17 bits per heavy atom. The Morgan fingerprint density at radius 3 is 2.78 bits per heavy atom. The number of fused-ring (bicyclic) bond motifs is 1. The van der Waals surface area contributed by atoms with Crippen LogP contribution in [0.3, 0.4) is 0 Å². The molecule has 0 bridgehead atoms. The quantitative estimate of drug-likeness (QED) is 0.753. The number of rotatable bonds is 5. The molecule has 0 amide bonds. The van der Waals surface area contributed by atoms with Gasteiger partial charge in [-0.1, -0.05) is 18.2 Å². The Balaban J connectivity index is 1.78. The fourth-order valence-corrected chi connectivity index (χ4v) is 3.22. The molecule has 7 heteroatoms. The molecule has 0 atom stereocenters. The highest BCUT2D eigenvalue weighted by atomic mass is 32.2. The van der Waals surface area contributed by atoms with E-state index in [-0.39, 0.29) is 4.90 Å². The summed E-state index contributed by atoms with van der Waals surface area (Å²) in [5.41, 5.74) is 2.83. The molecule has 3 rings (SSSR count).